The van der Waals surface area contributed by atoms with Crippen LogP contribution in [0.3, 0.4) is 0 Å². The van der Waals surface area contributed by atoms with Gasteiger partial charge in [-0.15, -0.1) is 0 Å². The van der Waals surface area contributed by atoms with Crippen LogP contribution in [0.25, 0.3) is 0 Å². The monoisotopic (exact) mass is 309 g/mol. The summed E-state index contributed by atoms with van der Waals surface area (Å²) in [7, 11) is 0. The van der Waals surface area contributed by atoms with Crippen molar-refractivity contribution >= 4 is 23.2 Å². The number of nitrogens with two attached hydrogens (primary N) is 1. The Hall–Kier alpha value is -1.22. The Morgan fingerprint density at radius 3 is 2.35 bits per heavy atom. The fourth-order valence-corrected chi connectivity index (χ4v) is 2.43. The molecule has 2 rings (SSSR count). The van der Waals surface area contributed by atoms with E-state index in [0.717, 1.165) is 17.5 Å². The molecule has 0 saturated heterocycles. The molecule has 0 aliphatic carbocycles. The van der Waals surface area contributed by atoms with Gasteiger partial charge in [0.1, 0.15) is 12.4 Å². The van der Waals surface area contributed by atoms with Crippen molar-refractivity contribution in [3.05, 3.63) is 63.6 Å². The Morgan fingerprint density at radius 1 is 1.00 bits per heavy atom. The average molecular weight is 310 g/mol. The van der Waals surface area contributed by atoms with Gasteiger partial charge in [0.2, 0.25) is 0 Å². The topological polar surface area (TPSA) is 35.2 Å². The highest BCUT2D eigenvalue weighted by atomic mass is 35.5. The molecule has 0 aliphatic heterocycles. The SMILES string of the molecule is CC(N)Cc1cccc(Cl)c1OCc1ccccc1Cl. The van der Waals surface area contributed by atoms with Gasteiger partial charge in [-0.3, -0.25) is 0 Å². The molecule has 0 aliphatic rings. The minimum absolute atomic E-state index is 0.0520. The van der Waals surface area contributed by atoms with Gasteiger partial charge in [-0.25, -0.2) is 0 Å². The maximum Gasteiger partial charge on any atom is 0.141 e. The maximum atomic E-state index is 6.22. The molecule has 1 unspecified atom stereocenters. The molecule has 2 nitrogen and oxygen atoms in total. The lowest BCUT2D eigenvalue weighted by atomic mass is 10.1. The van der Waals surface area contributed by atoms with Gasteiger partial charge in [-0.1, -0.05) is 53.5 Å². The second-order valence-corrected chi connectivity index (χ2v) is 5.60. The first kappa shape index (κ1) is 15.2. The van der Waals surface area contributed by atoms with E-state index in [1.165, 1.54) is 0 Å². The highest BCUT2D eigenvalue weighted by Gasteiger charge is 2.11. The summed E-state index contributed by atoms with van der Waals surface area (Å²) in [5, 5.41) is 1.28. The van der Waals surface area contributed by atoms with Gasteiger partial charge < -0.3 is 10.5 Å². The molecule has 0 amide bonds. The van der Waals surface area contributed by atoms with Crippen molar-refractivity contribution in [1.82, 2.24) is 0 Å². The lowest BCUT2D eigenvalue weighted by Crippen LogP contribution is -2.18. The highest BCUT2D eigenvalue weighted by Crippen LogP contribution is 2.30. The Kier molecular flexibility index (Phi) is 5.30. The summed E-state index contributed by atoms with van der Waals surface area (Å²) in [6.45, 7) is 2.34. The maximum absolute atomic E-state index is 6.22. The fraction of sp³-hybridized carbons (Fsp3) is 0.250. The summed E-state index contributed by atoms with van der Waals surface area (Å²) >= 11 is 12.3. The van der Waals surface area contributed by atoms with E-state index in [-0.39, 0.29) is 6.04 Å². The summed E-state index contributed by atoms with van der Waals surface area (Å²) in [4.78, 5) is 0. The summed E-state index contributed by atoms with van der Waals surface area (Å²) in [5.74, 6) is 0.686. The van der Waals surface area contributed by atoms with E-state index >= 15 is 0 Å². The molecule has 1 atom stereocenters. The van der Waals surface area contributed by atoms with Gasteiger partial charge in [0.15, 0.2) is 0 Å². The van der Waals surface area contributed by atoms with Crippen LogP contribution in [0.1, 0.15) is 18.1 Å². The van der Waals surface area contributed by atoms with Gasteiger partial charge in [0, 0.05) is 16.6 Å². The van der Waals surface area contributed by atoms with E-state index in [4.69, 9.17) is 33.7 Å². The third-order valence-corrected chi connectivity index (χ3v) is 3.59. The largest absolute Gasteiger partial charge is 0.487 e. The van der Waals surface area contributed by atoms with Crippen molar-refractivity contribution in [2.24, 2.45) is 5.73 Å². The molecule has 2 aromatic rings. The first-order valence-electron chi connectivity index (χ1n) is 6.47. The van der Waals surface area contributed by atoms with Gasteiger partial charge in [0.25, 0.3) is 0 Å². The number of para-hydroxylation sites is 1. The van der Waals surface area contributed by atoms with Crippen LogP contribution in [0.4, 0.5) is 0 Å². The normalized spacial score (nSPS) is 12.2. The third kappa shape index (κ3) is 3.89. The van der Waals surface area contributed by atoms with Gasteiger partial charge in [-0.2, -0.15) is 0 Å². The third-order valence-electron chi connectivity index (χ3n) is 2.92. The quantitative estimate of drug-likeness (QED) is 0.885. The average Bonchev–Trinajstić information content (AvgIpc) is 2.39. The molecule has 20 heavy (non-hydrogen) atoms. The number of ether oxygens (including phenoxy) is 1. The Balaban J connectivity index is 2.18. The van der Waals surface area contributed by atoms with E-state index in [0.29, 0.717) is 22.4 Å². The molecule has 2 N–H and O–H groups in total. The van der Waals surface area contributed by atoms with Crippen molar-refractivity contribution in [1.29, 1.82) is 0 Å². The smallest absolute Gasteiger partial charge is 0.141 e. The minimum Gasteiger partial charge on any atom is -0.487 e. The zero-order valence-corrected chi connectivity index (χ0v) is 12.8. The van der Waals surface area contributed by atoms with Crippen molar-refractivity contribution in [2.45, 2.75) is 26.0 Å². The molecule has 0 fully saturated rings. The molecule has 0 heterocycles. The zero-order chi connectivity index (χ0) is 14.5. The summed E-state index contributed by atoms with van der Waals surface area (Å²) in [6.07, 6.45) is 0.721. The molecule has 0 bridgehead atoms. The molecule has 106 valence electrons. The van der Waals surface area contributed by atoms with E-state index in [1.54, 1.807) is 0 Å². The molecular weight excluding hydrogens is 293 g/mol. The summed E-state index contributed by atoms with van der Waals surface area (Å²) in [5.41, 5.74) is 7.80. The highest BCUT2D eigenvalue weighted by molar-refractivity contribution is 6.32. The van der Waals surface area contributed by atoms with Crippen LogP contribution in [0.5, 0.6) is 5.75 Å². The Morgan fingerprint density at radius 2 is 1.65 bits per heavy atom. The predicted octanol–water partition coefficient (Wildman–Crippen LogP) is 4.46. The van der Waals surface area contributed by atoms with Crippen LogP contribution in [0, 0.1) is 0 Å². The molecule has 0 spiro atoms. The lowest BCUT2D eigenvalue weighted by Gasteiger charge is -2.15. The molecule has 0 saturated carbocycles. The van der Waals surface area contributed by atoms with Crippen molar-refractivity contribution in [2.75, 3.05) is 0 Å². The second-order valence-electron chi connectivity index (χ2n) is 4.79. The van der Waals surface area contributed by atoms with Crippen molar-refractivity contribution < 1.29 is 4.74 Å². The molecule has 4 heteroatoms. The van der Waals surface area contributed by atoms with E-state index in [1.807, 2.05) is 49.4 Å². The van der Waals surface area contributed by atoms with Crippen LogP contribution in [-0.2, 0) is 13.0 Å². The van der Waals surface area contributed by atoms with Gasteiger partial charge in [0.05, 0.1) is 5.02 Å². The van der Waals surface area contributed by atoms with E-state index < -0.39 is 0 Å². The first-order chi connectivity index (χ1) is 9.58. The molecular formula is C16H17Cl2NO. The van der Waals surface area contributed by atoms with E-state index in [2.05, 4.69) is 0 Å². The number of hydrogen-bond acceptors (Lipinski definition) is 2. The lowest BCUT2D eigenvalue weighted by molar-refractivity contribution is 0.302. The van der Waals surface area contributed by atoms with Gasteiger partial charge >= 0.3 is 0 Å². The van der Waals surface area contributed by atoms with Crippen LogP contribution in [0.15, 0.2) is 42.5 Å². The summed E-state index contributed by atoms with van der Waals surface area (Å²) in [6, 6.07) is 13.4. The van der Waals surface area contributed by atoms with Crippen molar-refractivity contribution in [3.63, 3.8) is 0 Å². The minimum atomic E-state index is 0.0520. The van der Waals surface area contributed by atoms with Crippen LogP contribution in [-0.4, -0.2) is 6.04 Å². The first-order valence-corrected chi connectivity index (χ1v) is 7.22. The molecule has 0 radical (unpaired) electrons. The number of benzene rings is 2. The second kappa shape index (κ2) is 6.98. The predicted molar refractivity (Wildman–Crippen MR) is 84.6 cm³/mol. The number of rotatable bonds is 5. The fourth-order valence-electron chi connectivity index (χ4n) is 1.99. The number of halogens is 2. The van der Waals surface area contributed by atoms with Crippen LogP contribution < -0.4 is 10.5 Å². The van der Waals surface area contributed by atoms with Crippen molar-refractivity contribution in [3.8, 4) is 5.75 Å². The Bertz CT molecular complexity index is 584. The van der Waals surface area contributed by atoms with E-state index in [9.17, 15) is 0 Å². The van der Waals surface area contributed by atoms with Gasteiger partial charge in [-0.05, 0) is 31.0 Å². The molecule has 0 aromatic heterocycles. The Labute approximate surface area is 129 Å². The zero-order valence-electron chi connectivity index (χ0n) is 11.3. The standard InChI is InChI=1S/C16H17Cl2NO/c1-11(19)9-12-6-4-8-15(18)16(12)20-10-13-5-2-3-7-14(13)17/h2-8,11H,9-10,19H2,1H3. The summed E-state index contributed by atoms with van der Waals surface area (Å²) < 4.78 is 5.86. The van der Waals surface area contributed by atoms with Crippen LogP contribution >= 0.6 is 23.2 Å². The van der Waals surface area contributed by atoms with Crippen LogP contribution in [0.2, 0.25) is 10.0 Å². The number of hydrogen-bond donors (Lipinski definition) is 1. The molecule has 2 aromatic carbocycles.